The number of carbonyl (C=O) groups excluding carboxylic acids is 1. The average molecular weight is 532 g/mol. The summed E-state index contributed by atoms with van der Waals surface area (Å²) in [5, 5.41) is 18.2. The molecule has 1 aliphatic carbocycles. The molecule has 1 fully saturated rings. The van der Waals surface area contributed by atoms with E-state index in [0.717, 1.165) is 40.1 Å². The lowest BCUT2D eigenvalue weighted by Gasteiger charge is -2.20. The van der Waals surface area contributed by atoms with Crippen molar-refractivity contribution < 1.29 is 9.53 Å². The number of rotatable bonds is 6. The number of ether oxygens (including phenoxy) is 1. The van der Waals surface area contributed by atoms with E-state index in [1.807, 2.05) is 42.6 Å². The number of hydrogen-bond acceptors (Lipinski definition) is 5. The van der Waals surface area contributed by atoms with Crippen molar-refractivity contribution in [2.75, 3.05) is 6.61 Å². The summed E-state index contributed by atoms with van der Waals surface area (Å²) in [5.74, 6) is 0.841. The van der Waals surface area contributed by atoms with Crippen LogP contribution in [0.15, 0.2) is 70.4 Å². The summed E-state index contributed by atoms with van der Waals surface area (Å²) >= 11 is 7.40. The van der Waals surface area contributed by atoms with Gasteiger partial charge in [-0.25, -0.2) is 0 Å². The molecule has 3 heterocycles. The van der Waals surface area contributed by atoms with E-state index < -0.39 is 5.91 Å². The lowest BCUT2D eigenvalue weighted by Crippen LogP contribution is -2.35. The topological polar surface area (TPSA) is 83.0 Å². The number of aromatic nitrogens is 1. The number of benzene rings is 2. The molecule has 0 saturated heterocycles. The molecule has 0 radical (unpaired) electrons. The Balaban J connectivity index is 1.25. The molecule has 0 atom stereocenters. The van der Waals surface area contributed by atoms with Crippen LogP contribution < -0.4 is 4.74 Å². The second-order valence-electron chi connectivity index (χ2n) is 9.39. The second kappa shape index (κ2) is 10.2. The van der Waals surface area contributed by atoms with Crippen molar-refractivity contribution in [1.82, 2.24) is 9.58 Å². The van der Waals surface area contributed by atoms with E-state index >= 15 is 0 Å². The molecule has 7 nitrogen and oxygen atoms in total. The van der Waals surface area contributed by atoms with Crippen molar-refractivity contribution in [3.63, 3.8) is 0 Å². The van der Waals surface area contributed by atoms with Crippen LogP contribution >= 0.6 is 23.4 Å². The van der Waals surface area contributed by atoms with Gasteiger partial charge in [0.1, 0.15) is 17.4 Å². The SMILES string of the molecule is N=C1C(=Cc2cn(CCOc3ccc(Cl)cc3)c3ccccc23)C(=O)N=C2SC(C3CCCCC3)=NN12. The Bertz CT molecular complexity index is 1470. The van der Waals surface area contributed by atoms with Crippen LogP contribution in [0.5, 0.6) is 5.75 Å². The fraction of sp³-hybridized carbons (Fsp3) is 0.286. The minimum Gasteiger partial charge on any atom is -0.492 e. The molecular weight excluding hydrogens is 506 g/mol. The van der Waals surface area contributed by atoms with Gasteiger partial charge in [0, 0.05) is 33.6 Å². The number of aliphatic imine (C=N–C) groups is 1. The number of amides is 1. The van der Waals surface area contributed by atoms with Crippen molar-refractivity contribution in [1.29, 1.82) is 5.41 Å². The van der Waals surface area contributed by atoms with Crippen LogP contribution in [0.4, 0.5) is 0 Å². The zero-order chi connectivity index (χ0) is 25.4. The van der Waals surface area contributed by atoms with Crippen LogP contribution in [0.3, 0.4) is 0 Å². The van der Waals surface area contributed by atoms with Gasteiger partial charge in [0.15, 0.2) is 5.84 Å². The number of hydrogen-bond donors (Lipinski definition) is 1. The van der Waals surface area contributed by atoms with Gasteiger partial charge >= 0.3 is 0 Å². The van der Waals surface area contributed by atoms with Crippen LogP contribution in [-0.4, -0.2) is 38.1 Å². The third kappa shape index (κ3) is 4.83. The monoisotopic (exact) mass is 531 g/mol. The maximum absolute atomic E-state index is 13.0. The van der Waals surface area contributed by atoms with Gasteiger partial charge in [-0.2, -0.15) is 15.1 Å². The number of amidine groups is 2. The predicted molar refractivity (Wildman–Crippen MR) is 150 cm³/mol. The van der Waals surface area contributed by atoms with Crippen LogP contribution in [-0.2, 0) is 11.3 Å². The van der Waals surface area contributed by atoms with E-state index in [0.29, 0.717) is 29.3 Å². The molecule has 37 heavy (non-hydrogen) atoms. The van der Waals surface area contributed by atoms with E-state index in [-0.39, 0.29) is 11.4 Å². The van der Waals surface area contributed by atoms with Crippen LogP contribution in [0.2, 0.25) is 5.02 Å². The van der Waals surface area contributed by atoms with Gasteiger partial charge in [-0.1, -0.05) is 49.1 Å². The molecule has 188 valence electrons. The van der Waals surface area contributed by atoms with Gasteiger partial charge in [0.2, 0.25) is 5.17 Å². The van der Waals surface area contributed by atoms with Crippen LogP contribution in [0.25, 0.3) is 17.0 Å². The lowest BCUT2D eigenvalue weighted by molar-refractivity contribution is -0.114. The van der Waals surface area contributed by atoms with Crippen molar-refractivity contribution in [2.24, 2.45) is 16.0 Å². The summed E-state index contributed by atoms with van der Waals surface area (Å²) in [5.41, 5.74) is 2.14. The number of nitrogens with one attached hydrogen (secondary N) is 1. The first kappa shape index (κ1) is 24.0. The summed E-state index contributed by atoms with van der Waals surface area (Å²) in [6, 6.07) is 15.3. The fourth-order valence-electron chi connectivity index (χ4n) is 5.04. The smallest absolute Gasteiger partial charge is 0.283 e. The van der Waals surface area contributed by atoms with E-state index in [1.165, 1.54) is 36.0 Å². The number of para-hydroxylation sites is 1. The Hall–Kier alpha value is -3.36. The minimum absolute atomic E-state index is 0.0798. The maximum atomic E-state index is 13.0. The quantitative estimate of drug-likeness (QED) is 0.364. The number of thioether (sulfide) groups is 1. The second-order valence-corrected chi connectivity index (χ2v) is 10.8. The molecule has 0 unspecified atom stereocenters. The number of hydrazone groups is 1. The summed E-state index contributed by atoms with van der Waals surface area (Å²) in [6.07, 6.45) is 9.65. The highest BCUT2D eigenvalue weighted by Crippen LogP contribution is 2.36. The normalized spacial score (nSPS) is 19.4. The Morgan fingerprint density at radius 3 is 2.70 bits per heavy atom. The summed E-state index contributed by atoms with van der Waals surface area (Å²) in [7, 11) is 0. The predicted octanol–water partition coefficient (Wildman–Crippen LogP) is 6.57. The van der Waals surface area contributed by atoms with E-state index in [1.54, 1.807) is 18.2 Å². The van der Waals surface area contributed by atoms with E-state index in [4.69, 9.17) is 26.8 Å². The molecule has 0 bridgehead atoms. The Morgan fingerprint density at radius 1 is 1.11 bits per heavy atom. The molecule has 1 aromatic heterocycles. The molecule has 2 aromatic carbocycles. The molecule has 1 amide bonds. The molecule has 9 heteroatoms. The van der Waals surface area contributed by atoms with E-state index in [9.17, 15) is 4.79 Å². The number of carbonyl (C=O) groups is 1. The summed E-state index contributed by atoms with van der Waals surface area (Å²) in [4.78, 5) is 17.3. The van der Waals surface area contributed by atoms with Crippen molar-refractivity contribution in [3.05, 3.63) is 70.9 Å². The molecule has 1 N–H and O–H groups in total. The highest BCUT2D eigenvalue weighted by Gasteiger charge is 2.38. The zero-order valence-corrected chi connectivity index (χ0v) is 21.8. The Kier molecular flexibility index (Phi) is 6.61. The molecule has 3 aliphatic rings. The van der Waals surface area contributed by atoms with Gasteiger partial charge in [-0.05, 0) is 61.0 Å². The third-order valence-electron chi connectivity index (χ3n) is 6.96. The standard InChI is InChI=1S/C28H26ClN5O2S/c29-20-10-12-21(13-11-20)36-15-14-33-17-19(22-8-4-5-9-24(22)33)16-23-25(30)34-28(31-26(23)35)37-27(32-34)18-6-2-1-3-7-18/h4-5,8-13,16-18,30H,1-3,6-7,14-15H2. The van der Waals surface area contributed by atoms with Crippen molar-refractivity contribution >= 4 is 62.3 Å². The van der Waals surface area contributed by atoms with Gasteiger partial charge in [-0.3, -0.25) is 10.2 Å². The van der Waals surface area contributed by atoms with Gasteiger partial charge in [0.05, 0.1) is 12.1 Å². The molecule has 3 aromatic rings. The molecule has 2 aliphatic heterocycles. The average Bonchev–Trinajstić information content (AvgIpc) is 3.50. The summed E-state index contributed by atoms with van der Waals surface area (Å²) in [6.45, 7) is 1.10. The minimum atomic E-state index is -0.397. The van der Waals surface area contributed by atoms with E-state index in [2.05, 4.69) is 9.56 Å². The van der Waals surface area contributed by atoms with Gasteiger partial charge < -0.3 is 9.30 Å². The maximum Gasteiger partial charge on any atom is 0.283 e. The van der Waals surface area contributed by atoms with Gasteiger partial charge in [0.25, 0.3) is 5.91 Å². The first-order valence-corrected chi connectivity index (χ1v) is 13.7. The molecule has 1 saturated carbocycles. The Morgan fingerprint density at radius 2 is 1.89 bits per heavy atom. The van der Waals surface area contributed by atoms with Crippen LogP contribution in [0.1, 0.15) is 37.7 Å². The fourth-order valence-corrected chi connectivity index (χ4v) is 6.23. The van der Waals surface area contributed by atoms with Crippen molar-refractivity contribution in [3.8, 4) is 5.75 Å². The molecule has 0 spiro atoms. The largest absolute Gasteiger partial charge is 0.492 e. The first-order chi connectivity index (χ1) is 18.1. The summed E-state index contributed by atoms with van der Waals surface area (Å²) < 4.78 is 8.00. The third-order valence-corrected chi connectivity index (χ3v) is 8.28. The molecule has 6 rings (SSSR count). The highest BCUT2D eigenvalue weighted by atomic mass is 35.5. The van der Waals surface area contributed by atoms with Crippen molar-refractivity contribution in [2.45, 2.75) is 38.6 Å². The van der Waals surface area contributed by atoms with Crippen LogP contribution in [0, 0.1) is 11.3 Å². The Labute approximate surface area is 224 Å². The number of fused-ring (bicyclic) bond motifs is 2. The molecular formula is C28H26ClN5O2S. The first-order valence-electron chi connectivity index (χ1n) is 12.5. The number of nitrogens with zero attached hydrogens (tertiary/aromatic N) is 4. The number of halogens is 1. The lowest BCUT2D eigenvalue weighted by atomic mass is 9.90. The van der Waals surface area contributed by atoms with Gasteiger partial charge in [-0.15, -0.1) is 0 Å². The zero-order valence-electron chi connectivity index (χ0n) is 20.2. The highest BCUT2D eigenvalue weighted by molar-refractivity contribution is 8.27.